The van der Waals surface area contributed by atoms with Gasteiger partial charge in [0, 0.05) is 31.4 Å². The first kappa shape index (κ1) is 37.3. The van der Waals surface area contributed by atoms with Gasteiger partial charge in [0.1, 0.15) is 11.9 Å². The van der Waals surface area contributed by atoms with E-state index in [1.165, 1.54) is 0 Å². The zero-order valence-electron chi connectivity index (χ0n) is 23.6. The molecule has 1 amide bonds. The summed E-state index contributed by atoms with van der Waals surface area (Å²) in [6, 6.07) is 17.0. The van der Waals surface area contributed by atoms with E-state index in [1.807, 2.05) is 24.3 Å². The van der Waals surface area contributed by atoms with Gasteiger partial charge in [-0.15, -0.1) is 0 Å². The van der Waals surface area contributed by atoms with Crippen LogP contribution in [0.4, 0.5) is 32.0 Å². The zero-order valence-corrected chi connectivity index (χ0v) is 24.4. The lowest BCUT2D eigenvalue weighted by atomic mass is 10.1. The molecule has 0 unspecified atom stereocenters. The minimum atomic E-state index is -5.08. The number of nitrogens with one attached hydrogen (secondary N) is 3. The third-order valence-electron chi connectivity index (χ3n) is 6.10. The van der Waals surface area contributed by atoms with Crippen LogP contribution in [0.15, 0.2) is 65.6 Å². The Bertz CT molecular complexity index is 1690. The number of carbonyl (C=O) groups excluding carboxylic acids is 1. The summed E-state index contributed by atoms with van der Waals surface area (Å²) < 4.78 is 92.0. The van der Waals surface area contributed by atoms with Gasteiger partial charge in [0.25, 0.3) is 0 Å². The number of benzene rings is 3. The largest absolute Gasteiger partial charge is 0.490 e. The molecule has 1 heterocycles. The number of amidine groups is 1. The molecule has 19 heteroatoms. The van der Waals surface area contributed by atoms with Gasteiger partial charge in [0.15, 0.2) is 0 Å². The molecule has 3 aromatic carbocycles. The summed E-state index contributed by atoms with van der Waals surface area (Å²) in [5, 5.41) is 26.6. The maximum absolute atomic E-state index is 13.0. The van der Waals surface area contributed by atoms with Crippen molar-refractivity contribution >= 4 is 50.2 Å². The minimum absolute atomic E-state index is 0.0394. The van der Waals surface area contributed by atoms with E-state index < -0.39 is 40.4 Å². The average molecular weight is 680 g/mol. The summed E-state index contributed by atoms with van der Waals surface area (Å²) in [6.45, 7) is 0.778. The number of rotatable bonds is 7. The number of carboxylic acid groups (broad SMARTS) is 2. The number of hydrogen-bond acceptors (Lipinski definition) is 7. The topological polar surface area (TPSA) is 203 Å². The van der Waals surface area contributed by atoms with Crippen LogP contribution in [0.3, 0.4) is 0 Å². The van der Waals surface area contributed by atoms with Crippen molar-refractivity contribution in [2.45, 2.75) is 36.3 Å². The van der Waals surface area contributed by atoms with Crippen LogP contribution < -0.4 is 15.8 Å². The molecule has 0 radical (unpaired) electrons. The quantitative estimate of drug-likeness (QED) is 0.123. The summed E-state index contributed by atoms with van der Waals surface area (Å²) in [4.78, 5) is 32.4. The third-order valence-corrected chi connectivity index (χ3v) is 7.57. The maximum Gasteiger partial charge on any atom is 0.490 e. The van der Waals surface area contributed by atoms with E-state index >= 15 is 0 Å². The fourth-order valence-electron chi connectivity index (χ4n) is 3.87. The highest BCUT2D eigenvalue weighted by atomic mass is 32.2. The van der Waals surface area contributed by atoms with Gasteiger partial charge in [-0.2, -0.15) is 31.1 Å². The van der Waals surface area contributed by atoms with Gasteiger partial charge in [-0.05, 0) is 53.1 Å². The third kappa shape index (κ3) is 10.6. The van der Waals surface area contributed by atoms with Gasteiger partial charge in [0.05, 0.1) is 4.90 Å². The predicted octanol–water partition coefficient (Wildman–Crippen LogP) is 3.51. The van der Waals surface area contributed by atoms with Crippen molar-refractivity contribution in [3.63, 3.8) is 0 Å². The van der Waals surface area contributed by atoms with Crippen LogP contribution in [0.25, 0.3) is 10.8 Å². The molecule has 1 aliphatic heterocycles. The number of nitrogens with two attached hydrogens (primary N) is 1. The first-order valence-corrected chi connectivity index (χ1v) is 14.2. The Labute approximate surface area is 257 Å². The molecule has 4 rings (SSSR count). The molecular weight excluding hydrogens is 652 g/mol. The number of aliphatic carboxylic acids is 2. The van der Waals surface area contributed by atoms with Gasteiger partial charge in [-0.1, -0.05) is 30.3 Å². The molecule has 250 valence electrons. The fraction of sp³-hybridized carbons (Fsp3) is 0.259. The van der Waals surface area contributed by atoms with Crippen LogP contribution >= 0.6 is 0 Å². The van der Waals surface area contributed by atoms with Crippen molar-refractivity contribution in [3.05, 3.63) is 71.8 Å². The molecule has 7 N–H and O–H groups in total. The highest BCUT2D eigenvalue weighted by molar-refractivity contribution is 7.89. The van der Waals surface area contributed by atoms with Crippen molar-refractivity contribution in [1.29, 1.82) is 5.41 Å². The summed E-state index contributed by atoms with van der Waals surface area (Å²) in [6.07, 6.45) is -9.78. The second kappa shape index (κ2) is 14.9. The number of nitrogen functional groups attached to an aromatic ring is 1. The second-order valence-electron chi connectivity index (χ2n) is 9.42. The van der Waals surface area contributed by atoms with Gasteiger partial charge >= 0.3 is 24.3 Å². The van der Waals surface area contributed by atoms with Crippen LogP contribution in [0.1, 0.15) is 17.5 Å². The highest BCUT2D eigenvalue weighted by Gasteiger charge is 2.39. The number of hydrogen-bond donors (Lipinski definition) is 6. The Kier molecular flexibility index (Phi) is 12.1. The summed E-state index contributed by atoms with van der Waals surface area (Å²) in [5.41, 5.74) is 7.85. The highest BCUT2D eigenvalue weighted by Crippen LogP contribution is 2.24. The molecule has 1 fully saturated rings. The molecule has 0 spiro atoms. The smallest absolute Gasteiger partial charge is 0.475 e. The molecule has 0 saturated carbocycles. The summed E-state index contributed by atoms with van der Waals surface area (Å²) in [7, 11) is -2.06. The Balaban J connectivity index is 0.000000440. The van der Waals surface area contributed by atoms with E-state index in [4.69, 9.17) is 30.9 Å². The number of alkyl halides is 6. The first-order valence-electron chi connectivity index (χ1n) is 12.7. The lowest BCUT2D eigenvalue weighted by Crippen LogP contribution is -2.41. The Morgan fingerprint density at radius 2 is 1.52 bits per heavy atom. The first-order chi connectivity index (χ1) is 21.1. The lowest BCUT2D eigenvalue weighted by molar-refractivity contribution is -0.193. The average Bonchev–Trinajstić information content (AvgIpc) is 3.29. The number of carboxylic acids is 2. The molecule has 1 atom stereocenters. The van der Waals surface area contributed by atoms with E-state index in [0.717, 1.165) is 22.0 Å². The van der Waals surface area contributed by atoms with Crippen molar-refractivity contribution in [1.82, 2.24) is 9.62 Å². The minimum Gasteiger partial charge on any atom is -0.475 e. The van der Waals surface area contributed by atoms with Crippen LogP contribution in [0, 0.1) is 5.41 Å². The molecule has 1 saturated heterocycles. The monoisotopic (exact) mass is 679 g/mol. The van der Waals surface area contributed by atoms with E-state index in [2.05, 4.69) is 10.0 Å². The number of nitrogens with zero attached hydrogens (tertiary/aromatic N) is 1. The van der Waals surface area contributed by atoms with Gasteiger partial charge in [-0.25, -0.2) is 18.0 Å². The maximum atomic E-state index is 13.0. The van der Waals surface area contributed by atoms with Crippen molar-refractivity contribution in [2.75, 3.05) is 18.9 Å². The predicted molar refractivity (Wildman–Crippen MR) is 152 cm³/mol. The molecule has 3 aromatic rings. The van der Waals surface area contributed by atoms with Crippen molar-refractivity contribution < 1.29 is 59.4 Å². The van der Waals surface area contributed by atoms with Gasteiger partial charge in [-0.3, -0.25) is 10.2 Å². The SMILES string of the molecule is CNc1ccc2ccc(S(=O)(=O)N[C@H]3CCN(Cc4cccc(C(=N)N)c4)C3=O)cc2c1.O=C(O)C(F)(F)F.O=C(O)C(F)(F)F. The van der Waals surface area contributed by atoms with Crippen LogP contribution in [-0.2, 0) is 31.0 Å². The van der Waals surface area contributed by atoms with Crippen molar-refractivity contribution in [3.8, 4) is 0 Å². The Hall–Kier alpha value is -4.91. The second-order valence-corrected chi connectivity index (χ2v) is 11.1. The number of halogens is 6. The zero-order chi connectivity index (χ0) is 35.0. The molecular formula is C27H27F6N5O7S. The standard InChI is InChI=1S/C23H25N5O3S.2C2HF3O2/c1-26-19-7-5-16-6-8-20(13-18(16)12-19)32(30,31)27-21-9-10-28(23(21)29)14-15-3-2-4-17(11-15)22(24)25;2*3-2(4,5)1(6)7/h2-8,11-13,21,26-27H,9-10,14H2,1H3,(H3,24,25);2*(H,6,7)/t21-;;/m0../s1. The molecule has 1 aliphatic rings. The number of fused-ring (bicyclic) bond motifs is 1. The number of sulfonamides is 1. The summed E-state index contributed by atoms with van der Waals surface area (Å²) >= 11 is 0. The molecule has 0 aliphatic carbocycles. The van der Waals surface area contributed by atoms with Gasteiger partial charge < -0.3 is 26.2 Å². The number of anilines is 1. The van der Waals surface area contributed by atoms with Crippen LogP contribution in [0.5, 0.6) is 0 Å². The van der Waals surface area contributed by atoms with E-state index in [1.54, 1.807) is 48.3 Å². The van der Waals surface area contributed by atoms with Crippen molar-refractivity contribution in [2.24, 2.45) is 5.73 Å². The number of amides is 1. The lowest BCUT2D eigenvalue weighted by Gasteiger charge is -2.18. The normalized spacial score (nSPS) is 14.9. The van der Waals surface area contributed by atoms with Crippen LogP contribution in [-0.4, -0.2) is 79.2 Å². The Morgan fingerprint density at radius 3 is 2.04 bits per heavy atom. The Morgan fingerprint density at radius 1 is 0.957 bits per heavy atom. The summed E-state index contributed by atoms with van der Waals surface area (Å²) in [5.74, 6) is -5.82. The fourth-order valence-corrected chi connectivity index (χ4v) is 5.12. The van der Waals surface area contributed by atoms with E-state index in [-0.39, 0.29) is 16.6 Å². The number of carbonyl (C=O) groups is 3. The molecule has 46 heavy (non-hydrogen) atoms. The molecule has 12 nitrogen and oxygen atoms in total. The number of likely N-dealkylation sites (tertiary alicyclic amines) is 1. The van der Waals surface area contributed by atoms with E-state index in [0.29, 0.717) is 25.1 Å². The van der Waals surface area contributed by atoms with E-state index in [9.17, 15) is 39.6 Å². The molecule has 0 aromatic heterocycles. The van der Waals surface area contributed by atoms with Crippen LogP contribution in [0.2, 0.25) is 0 Å². The molecule has 0 bridgehead atoms. The van der Waals surface area contributed by atoms with Gasteiger partial charge in [0.2, 0.25) is 15.9 Å².